The summed E-state index contributed by atoms with van der Waals surface area (Å²) in [5.41, 5.74) is 3.60. The molecule has 1 aliphatic heterocycles. The lowest BCUT2D eigenvalue weighted by Gasteiger charge is -2.14. The first-order chi connectivity index (χ1) is 17.8. The Labute approximate surface area is 214 Å². The van der Waals surface area contributed by atoms with Crippen LogP contribution in [0.4, 0.5) is 5.69 Å². The predicted octanol–water partition coefficient (Wildman–Crippen LogP) is 5.05. The zero-order chi connectivity index (χ0) is 26.1. The summed E-state index contributed by atoms with van der Waals surface area (Å²) in [6.45, 7) is 8.61. The summed E-state index contributed by atoms with van der Waals surface area (Å²) in [5.74, 6) is 0.843. The van der Waals surface area contributed by atoms with Crippen LogP contribution in [-0.2, 0) is 6.54 Å². The molecule has 37 heavy (non-hydrogen) atoms. The Morgan fingerprint density at radius 1 is 0.973 bits per heavy atom. The molecule has 1 aliphatic rings. The zero-order valence-corrected chi connectivity index (χ0v) is 21.2. The lowest BCUT2D eigenvalue weighted by molar-refractivity contribution is 0.0951. The number of carbonyl (C=O) groups excluding carboxylic acids is 2. The van der Waals surface area contributed by atoms with E-state index in [9.17, 15) is 9.59 Å². The maximum atomic E-state index is 13.5. The van der Waals surface area contributed by atoms with Crippen molar-refractivity contribution in [2.24, 2.45) is 0 Å². The highest BCUT2D eigenvalue weighted by Gasteiger charge is 2.21. The van der Waals surface area contributed by atoms with Crippen molar-refractivity contribution in [3.63, 3.8) is 0 Å². The van der Waals surface area contributed by atoms with Crippen LogP contribution < -0.4 is 20.1 Å². The quantitative estimate of drug-likeness (QED) is 0.369. The number of amides is 2. The monoisotopic (exact) mass is 499 g/mol. The van der Waals surface area contributed by atoms with Crippen molar-refractivity contribution in [1.29, 1.82) is 0 Å². The highest BCUT2D eigenvalue weighted by Crippen LogP contribution is 2.32. The van der Waals surface area contributed by atoms with E-state index in [-0.39, 0.29) is 30.6 Å². The van der Waals surface area contributed by atoms with Crippen molar-refractivity contribution in [1.82, 2.24) is 20.1 Å². The van der Waals surface area contributed by atoms with Gasteiger partial charge in [0.25, 0.3) is 11.8 Å². The van der Waals surface area contributed by atoms with Crippen LogP contribution in [0.3, 0.4) is 0 Å². The number of benzene rings is 2. The number of carbonyl (C=O) groups is 2. The second kappa shape index (κ2) is 9.93. The first-order valence-corrected chi connectivity index (χ1v) is 12.3. The molecule has 0 bridgehead atoms. The molecule has 2 aromatic carbocycles. The topological polar surface area (TPSA) is 107 Å². The molecule has 0 unspecified atom stereocenters. The minimum absolute atomic E-state index is 0.0949. The minimum Gasteiger partial charge on any atom is -0.454 e. The number of hydrogen-bond acceptors (Lipinski definition) is 6. The number of anilines is 1. The number of fused-ring (bicyclic) bond motifs is 2. The second-order valence-corrected chi connectivity index (χ2v) is 9.54. The normalized spacial score (nSPS) is 12.4. The Morgan fingerprint density at radius 2 is 1.76 bits per heavy atom. The molecule has 2 aromatic heterocycles. The van der Waals surface area contributed by atoms with E-state index in [0.717, 1.165) is 11.3 Å². The summed E-state index contributed by atoms with van der Waals surface area (Å²) in [6, 6.07) is 14.4. The standard InChI is InChI=1S/C28H29N5O4/c1-16(2)23-12-20(21-14-30-33(17(3)4)26(21)31-23)28(35)32-22-8-6-5-7-19(22)27(34)29-13-18-9-10-24-25(11-18)37-15-36-24/h5-12,14,16-17H,13,15H2,1-4H3,(H,29,34)(H,32,35). The van der Waals surface area contributed by atoms with Crippen LogP contribution >= 0.6 is 0 Å². The van der Waals surface area contributed by atoms with Crippen molar-refractivity contribution in [2.45, 2.75) is 46.2 Å². The van der Waals surface area contributed by atoms with Gasteiger partial charge in [0, 0.05) is 18.3 Å². The highest BCUT2D eigenvalue weighted by molar-refractivity contribution is 6.14. The Hall–Kier alpha value is -4.40. The third-order valence-corrected chi connectivity index (χ3v) is 6.22. The first kappa shape index (κ1) is 24.3. The van der Waals surface area contributed by atoms with E-state index in [4.69, 9.17) is 14.5 Å². The van der Waals surface area contributed by atoms with Gasteiger partial charge in [-0.3, -0.25) is 9.59 Å². The zero-order valence-electron chi connectivity index (χ0n) is 21.2. The van der Waals surface area contributed by atoms with Crippen LogP contribution in [0.25, 0.3) is 11.0 Å². The molecule has 0 radical (unpaired) electrons. The highest BCUT2D eigenvalue weighted by atomic mass is 16.7. The van der Waals surface area contributed by atoms with E-state index in [0.29, 0.717) is 45.9 Å². The van der Waals surface area contributed by atoms with Gasteiger partial charge in [-0.2, -0.15) is 5.10 Å². The van der Waals surface area contributed by atoms with Crippen LogP contribution in [0.1, 0.15) is 71.6 Å². The smallest absolute Gasteiger partial charge is 0.256 e. The van der Waals surface area contributed by atoms with Crippen molar-refractivity contribution in [2.75, 3.05) is 12.1 Å². The van der Waals surface area contributed by atoms with E-state index in [1.165, 1.54) is 0 Å². The number of hydrogen-bond donors (Lipinski definition) is 2. The first-order valence-electron chi connectivity index (χ1n) is 12.3. The van der Waals surface area contributed by atoms with Crippen LogP contribution in [0.2, 0.25) is 0 Å². The van der Waals surface area contributed by atoms with Crippen molar-refractivity contribution >= 4 is 28.5 Å². The Kier molecular flexibility index (Phi) is 6.52. The molecule has 0 fully saturated rings. The van der Waals surface area contributed by atoms with Crippen LogP contribution in [0.5, 0.6) is 11.5 Å². The molecule has 2 amide bonds. The Morgan fingerprint density at radius 3 is 2.54 bits per heavy atom. The number of ether oxygens (including phenoxy) is 2. The summed E-state index contributed by atoms with van der Waals surface area (Å²) in [7, 11) is 0. The van der Waals surface area contributed by atoms with Gasteiger partial charge in [-0.25, -0.2) is 9.67 Å². The number of pyridine rings is 1. The average Bonchev–Trinajstić information content (AvgIpc) is 3.53. The summed E-state index contributed by atoms with van der Waals surface area (Å²) in [4.78, 5) is 31.4. The van der Waals surface area contributed by atoms with Crippen molar-refractivity contribution in [3.8, 4) is 11.5 Å². The van der Waals surface area contributed by atoms with Gasteiger partial charge in [-0.1, -0.05) is 32.0 Å². The summed E-state index contributed by atoms with van der Waals surface area (Å²) in [5, 5.41) is 11.0. The summed E-state index contributed by atoms with van der Waals surface area (Å²) >= 11 is 0. The van der Waals surface area contributed by atoms with Gasteiger partial charge in [-0.15, -0.1) is 0 Å². The molecule has 0 atom stereocenters. The number of para-hydroxylation sites is 1. The van der Waals surface area contributed by atoms with Gasteiger partial charge < -0.3 is 20.1 Å². The van der Waals surface area contributed by atoms with Gasteiger partial charge in [0.05, 0.1) is 28.4 Å². The molecule has 0 saturated heterocycles. The molecule has 9 nitrogen and oxygen atoms in total. The third-order valence-electron chi connectivity index (χ3n) is 6.22. The molecule has 2 N–H and O–H groups in total. The maximum Gasteiger partial charge on any atom is 0.256 e. The van der Waals surface area contributed by atoms with E-state index < -0.39 is 0 Å². The van der Waals surface area contributed by atoms with Gasteiger partial charge in [0.15, 0.2) is 17.1 Å². The number of rotatable bonds is 7. The molecule has 0 aliphatic carbocycles. The number of nitrogens with zero attached hydrogens (tertiary/aromatic N) is 3. The third kappa shape index (κ3) is 4.84. The fourth-order valence-corrected chi connectivity index (χ4v) is 4.21. The molecular formula is C28H29N5O4. The molecule has 190 valence electrons. The van der Waals surface area contributed by atoms with Crippen molar-refractivity contribution in [3.05, 3.63) is 77.1 Å². The minimum atomic E-state index is -0.325. The maximum absolute atomic E-state index is 13.5. The fourth-order valence-electron chi connectivity index (χ4n) is 4.21. The molecule has 0 saturated carbocycles. The molecule has 9 heteroatoms. The lowest BCUT2D eigenvalue weighted by Crippen LogP contribution is -2.25. The van der Waals surface area contributed by atoms with Gasteiger partial charge in [-0.05, 0) is 55.7 Å². The number of aromatic nitrogens is 3. The largest absolute Gasteiger partial charge is 0.454 e. The molecular weight excluding hydrogens is 470 g/mol. The Bertz CT molecular complexity index is 1490. The summed E-state index contributed by atoms with van der Waals surface area (Å²) in [6.07, 6.45) is 1.67. The van der Waals surface area contributed by atoms with E-state index in [1.54, 1.807) is 36.5 Å². The van der Waals surface area contributed by atoms with Gasteiger partial charge in [0.1, 0.15) is 0 Å². The van der Waals surface area contributed by atoms with Crippen LogP contribution in [0.15, 0.2) is 54.7 Å². The second-order valence-electron chi connectivity index (χ2n) is 9.54. The molecule has 3 heterocycles. The SMILES string of the molecule is CC(C)c1cc(C(=O)Nc2ccccc2C(=O)NCc2ccc3c(c2)OCO3)c2cnn(C(C)C)c2n1. The molecule has 0 spiro atoms. The number of nitrogens with one attached hydrogen (secondary N) is 2. The molecule has 5 rings (SSSR count). The van der Waals surface area contributed by atoms with Crippen LogP contribution in [0, 0.1) is 0 Å². The average molecular weight is 500 g/mol. The van der Waals surface area contributed by atoms with E-state index in [2.05, 4.69) is 15.7 Å². The molecule has 4 aromatic rings. The van der Waals surface area contributed by atoms with Crippen LogP contribution in [-0.4, -0.2) is 33.4 Å². The predicted molar refractivity (Wildman–Crippen MR) is 140 cm³/mol. The Balaban J connectivity index is 1.39. The fraction of sp³-hybridized carbons (Fsp3) is 0.286. The lowest BCUT2D eigenvalue weighted by atomic mass is 10.0. The van der Waals surface area contributed by atoms with E-state index >= 15 is 0 Å². The van der Waals surface area contributed by atoms with Gasteiger partial charge in [0.2, 0.25) is 6.79 Å². The van der Waals surface area contributed by atoms with Crippen molar-refractivity contribution < 1.29 is 19.1 Å². The van der Waals surface area contributed by atoms with Gasteiger partial charge >= 0.3 is 0 Å². The van der Waals surface area contributed by atoms with E-state index in [1.807, 2.05) is 50.6 Å². The summed E-state index contributed by atoms with van der Waals surface area (Å²) < 4.78 is 12.6.